The monoisotopic (exact) mass is 297 g/mol. The van der Waals surface area contributed by atoms with Crippen LogP contribution in [0.1, 0.15) is 52.5 Å². The molecule has 1 aromatic heterocycles. The van der Waals surface area contributed by atoms with E-state index in [2.05, 4.69) is 38.1 Å². The Kier molecular flexibility index (Phi) is 3.90. The highest BCUT2D eigenvalue weighted by molar-refractivity contribution is 5.88. The first kappa shape index (κ1) is 15.0. The number of carbonyl (C=O) groups is 1. The standard InChI is InChI=1S/C19H23NO2/c1-11-5-12(2)19(13(3)6-11)17-9-15(10-18(17)21)8-16-7-14(4)22-20-16/h5-7,15,17H,8-10H2,1-4H3. The molecule has 0 spiro atoms. The van der Waals surface area contributed by atoms with Crippen molar-refractivity contribution >= 4 is 5.78 Å². The van der Waals surface area contributed by atoms with Gasteiger partial charge >= 0.3 is 0 Å². The maximum Gasteiger partial charge on any atom is 0.140 e. The van der Waals surface area contributed by atoms with Crippen LogP contribution in [0.25, 0.3) is 0 Å². The van der Waals surface area contributed by atoms with Gasteiger partial charge in [-0.1, -0.05) is 22.9 Å². The molecule has 2 atom stereocenters. The Bertz CT molecular complexity index is 691. The third-order valence-corrected chi connectivity index (χ3v) is 4.71. The van der Waals surface area contributed by atoms with E-state index in [1.54, 1.807) is 0 Å². The topological polar surface area (TPSA) is 43.1 Å². The molecule has 1 heterocycles. The van der Waals surface area contributed by atoms with Gasteiger partial charge in [0, 0.05) is 18.4 Å². The highest BCUT2D eigenvalue weighted by Gasteiger charge is 2.35. The highest BCUT2D eigenvalue weighted by atomic mass is 16.5. The van der Waals surface area contributed by atoms with Crippen molar-refractivity contribution in [2.75, 3.05) is 0 Å². The number of aryl methyl sites for hydroxylation is 4. The molecule has 0 N–H and O–H groups in total. The summed E-state index contributed by atoms with van der Waals surface area (Å²) >= 11 is 0. The smallest absolute Gasteiger partial charge is 0.140 e. The largest absolute Gasteiger partial charge is 0.361 e. The SMILES string of the molecule is Cc1cc(C)c(C2CC(Cc3cc(C)on3)CC2=O)c(C)c1. The predicted molar refractivity (Wildman–Crippen MR) is 86.1 cm³/mol. The van der Waals surface area contributed by atoms with Crippen LogP contribution in [0.3, 0.4) is 0 Å². The number of Topliss-reactive ketones (excluding diaryl/α,β-unsaturated/α-hetero) is 1. The number of benzene rings is 1. The Morgan fingerprint density at radius 2 is 1.82 bits per heavy atom. The van der Waals surface area contributed by atoms with Crippen molar-refractivity contribution < 1.29 is 9.32 Å². The van der Waals surface area contributed by atoms with Crippen LogP contribution in [0.2, 0.25) is 0 Å². The van der Waals surface area contributed by atoms with E-state index in [1.165, 1.54) is 22.3 Å². The molecule has 1 fully saturated rings. The van der Waals surface area contributed by atoms with Crippen LogP contribution in [-0.2, 0) is 11.2 Å². The second-order valence-electron chi connectivity index (χ2n) is 6.77. The lowest BCUT2D eigenvalue weighted by molar-refractivity contribution is -0.118. The maximum atomic E-state index is 12.5. The van der Waals surface area contributed by atoms with Gasteiger partial charge in [0.05, 0.1) is 5.69 Å². The van der Waals surface area contributed by atoms with Crippen molar-refractivity contribution in [1.29, 1.82) is 0 Å². The lowest BCUT2D eigenvalue weighted by atomic mass is 9.87. The van der Waals surface area contributed by atoms with E-state index in [4.69, 9.17) is 4.52 Å². The van der Waals surface area contributed by atoms with E-state index in [0.29, 0.717) is 18.1 Å². The summed E-state index contributed by atoms with van der Waals surface area (Å²) in [6, 6.07) is 6.34. The predicted octanol–water partition coefficient (Wildman–Crippen LogP) is 4.21. The number of nitrogens with zero attached hydrogens (tertiary/aromatic N) is 1. The molecule has 3 rings (SSSR count). The fraction of sp³-hybridized carbons (Fsp3) is 0.474. The van der Waals surface area contributed by atoms with Gasteiger partial charge in [-0.3, -0.25) is 4.79 Å². The van der Waals surface area contributed by atoms with Crippen molar-refractivity contribution in [3.63, 3.8) is 0 Å². The molecule has 0 saturated heterocycles. The Hall–Kier alpha value is -1.90. The number of carbonyl (C=O) groups excluding carboxylic acids is 1. The van der Waals surface area contributed by atoms with Gasteiger partial charge in [-0.05, 0) is 63.1 Å². The molecule has 22 heavy (non-hydrogen) atoms. The zero-order valence-electron chi connectivity index (χ0n) is 13.8. The van der Waals surface area contributed by atoms with Gasteiger partial charge in [0.2, 0.25) is 0 Å². The quantitative estimate of drug-likeness (QED) is 0.852. The molecule has 1 aromatic carbocycles. The second kappa shape index (κ2) is 5.71. The molecule has 1 aliphatic carbocycles. The summed E-state index contributed by atoms with van der Waals surface area (Å²) in [5, 5.41) is 4.06. The summed E-state index contributed by atoms with van der Waals surface area (Å²) in [7, 11) is 0. The van der Waals surface area contributed by atoms with Gasteiger partial charge in [0.15, 0.2) is 0 Å². The Balaban J connectivity index is 1.80. The average molecular weight is 297 g/mol. The van der Waals surface area contributed by atoms with Crippen LogP contribution in [-0.4, -0.2) is 10.9 Å². The van der Waals surface area contributed by atoms with E-state index >= 15 is 0 Å². The molecule has 0 aliphatic heterocycles. The van der Waals surface area contributed by atoms with E-state index in [0.717, 1.165) is 24.3 Å². The Labute approximate surface area is 131 Å². The number of hydrogen-bond acceptors (Lipinski definition) is 3. The number of aromatic nitrogens is 1. The first-order valence-corrected chi connectivity index (χ1v) is 7.96. The van der Waals surface area contributed by atoms with Crippen molar-refractivity contribution in [2.45, 2.75) is 52.9 Å². The van der Waals surface area contributed by atoms with E-state index < -0.39 is 0 Å². The van der Waals surface area contributed by atoms with Gasteiger partial charge in [-0.2, -0.15) is 0 Å². The molecule has 1 aliphatic rings. The molecule has 116 valence electrons. The molecule has 2 unspecified atom stereocenters. The Morgan fingerprint density at radius 3 is 2.41 bits per heavy atom. The fourth-order valence-corrected chi connectivity index (χ4v) is 3.96. The van der Waals surface area contributed by atoms with Crippen molar-refractivity contribution in [2.24, 2.45) is 5.92 Å². The zero-order chi connectivity index (χ0) is 15.9. The molecule has 0 amide bonds. The minimum atomic E-state index is 0.0543. The molecular weight excluding hydrogens is 274 g/mol. The summed E-state index contributed by atoms with van der Waals surface area (Å²) in [6.45, 7) is 8.25. The average Bonchev–Trinajstić information content (AvgIpc) is 2.96. The van der Waals surface area contributed by atoms with Crippen molar-refractivity contribution in [1.82, 2.24) is 5.16 Å². The maximum absolute atomic E-state index is 12.5. The van der Waals surface area contributed by atoms with Crippen LogP contribution >= 0.6 is 0 Å². The molecule has 0 bridgehead atoms. The zero-order valence-corrected chi connectivity index (χ0v) is 13.8. The molecule has 1 saturated carbocycles. The van der Waals surface area contributed by atoms with Crippen molar-refractivity contribution in [3.8, 4) is 0 Å². The summed E-state index contributed by atoms with van der Waals surface area (Å²) in [4.78, 5) is 12.5. The molecule has 3 nitrogen and oxygen atoms in total. The number of hydrogen-bond donors (Lipinski definition) is 0. The first-order chi connectivity index (χ1) is 10.4. The Morgan fingerprint density at radius 1 is 1.14 bits per heavy atom. The fourth-order valence-electron chi connectivity index (χ4n) is 3.96. The number of ketones is 1. The molecule has 2 aromatic rings. The third kappa shape index (κ3) is 2.85. The van der Waals surface area contributed by atoms with E-state index in [9.17, 15) is 4.79 Å². The van der Waals surface area contributed by atoms with Gasteiger partial charge in [-0.25, -0.2) is 0 Å². The van der Waals surface area contributed by atoms with Crippen LogP contribution < -0.4 is 0 Å². The number of rotatable bonds is 3. The third-order valence-electron chi connectivity index (χ3n) is 4.71. The van der Waals surface area contributed by atoms with Gasteiger partial charge in [0.1, 0.15) is 11.5 Å². The molecule has 0 radical (unpaired) electrons. The molecule has 3 heteroatoms. The van der Waals surface area contributed by atoms with E-state index in [1.807, 2.05) is 13.0 Å². The minimum absolute atomic E-state index is 0.0543. The van der Waals surface area contributed by atoms with Crippen LogP contribution in [0.15, 0.2) is 22.7 Å². The minimum Gasteiger partial charge on any atom is -0.361 e. The highest BCUT2D eigenvalue weighted by Crippen LogP contribution is 2.39. The summed E-state index contributed by atoms with van der Waals surface area (Å²) < 4.78 is 5.13. The second-order valence-corrected chi connectivity index (χ2v) is 6.77. The summed E-state index contributed by atoms with van der Waals surface area (Å²) in [5.41, 5.74) is 5.96. The molecular formula is C19H23NO2. The lowest BCUT2D eigenvalue weighted by Crippen LogP contribution is -2.08. The lowest BCUT2D eigenvalue weighted by Gasteiger charge is -2.17. The van der Waals surface area contributed by atoms with Gasteiger partial charge in [0.25, 0.3) is 0 Å². The van der Waals surface area contributed by atoms with Crippen molar-refractivity contribution in [3.05, 3.63) is 51.9 Å². The summed E-state index contributed by atoms with van der Waals surface area (Å²) in [6.07, 6.45) is 2.42. The van der Waals surface area contributed by atoms with Crippen LogP contribution in [0.5, 0.6) is 0 Å². The first-order valence-electron chi connectivity index (χ1n) is 7.96. The van der Waals surface area contributed by atoms with Gasteiger partial charge in [-0.15, -0.1) is 0 Å². The van der Waals surface area contributed by atoms with Crippen LogP contribution in [0, 0.1) is 33.6 Å². The normalized spacial score (nSPS) is 21.5. The van der Waals surface area contributed by atoms with Crippen LogP contribution in [0.4, 0.5) is 0 Å². The summed E-state index contributed by atoms with van der Waals surface area (Å²) in [5.74, 6) is 1.64. The van der Waals surface area contributed by atoms with E-state index in [-0.39, 0.29) is 5.92 Å². The van der Waals surface area contributed by atoms with Gasteiger partial charge < -0.3 is 4.52 Å².